The second kappa shape index (κ2) is 8.70. The molecule has 25 heavy (non-hydrogen) atoms. The molecule has 0 aliphatic rings. The molecule has 3 amide bonds. The van der Waals surface area contributed by atoms with E-state index >= 15 is 0 Å². The number of hydrogen-bond acceptors (Lipinski definition) is 7. The number of carbonyl (C=O) groups excluding carboxylic acids is 3. The second-order valence-corrected chi connectivity index (χ2v) is 7.50. The molecule has 0 aromatic carbocycles. The summed E-state index contributed by atoms with van der Waals surface area (Å²) in [7, 11) is 0. The molecule has 10 heteroatoms. The lowest BCUT2D eigenvalue weighted by Crippen LogP contribution is -2.36. The van der Waals surface area contributed by atoms with Crippen LogP contribution in [0.25, 0.3) is 10.6 Å². The van der Waals surface area contributed by atoms with Crippen molar-refractivity contribution < 1.29 is 14.4 Å². The number of aryl methyl sites for hydroxylation is 1. The number of thiazole rings is 1. The lowest BCUT2D eigenvalue weighted by atomic mass is 10.3. The summed E-state index contributed by atoms with van der Waals surface area (Å²) in [5.74, 6) is -0.831. The number of nitrogens with zero attached hydrogens (tertiary/aromatic N) is 1. The van der Waals surface area contributed by atoms with E-state index in [-0.39, 0.29) is 24.9 Å². The van der Waals surface area contributed by atoms with Crippen molar-refractivity contribution in [2.24, 2.45) is 5.73 Å². The predicted molar refractivity (Wildman–Crippen MR) is 98.4 cm³/mol. The van der Waals surface area contributed by atoms with Gasteiger partial charge in [-0.3, -0.25) is 14.4 Å². The topological polar surface area (TPSA) is 126 Å². The SMILES string of the molecule is CC(=O)NCc1ccc(-c2nc(NC(=O)CNC(=O)CN)sc2C)s1. The van der Waals surface area contributed by atoms with E-state index in [9.17, 15) is 14.4 Å². The molecule has 0 aliphatic heterocycles. The zero-order chi connectivity index (χ0) is 18.4. The van der Waals surface area contributed by atoms with Crippen LogP contribution in [0.4, 0.5) is 5.13 Å². The van der Waals surface area contributed by atoms with Gasteiger partial charge in [-0.1, -0.05) is 0 Å². The Morgan fingerprint density at radius 3 is 2.60 bits per heavy atom. The fraction of sp³-hybridized carbons (Fsp3) is 0.333. The quantitative estimate of drug-likeness (QED) is 0.565. The summed E-state index contributed by atoms with van der Waals surface area (Å²) in [6, 6.07) is 3.88. The summed E-state index contributed by atoms with van der Waals surface area (Å²) in [5, 5.41) is 8.28. The minimum absolute atomic E-state index is 0.0773. The summed E-state index contributed by atoms with van der Waals surface area (Å²) in [5.41, 5.74) is 5.96. The Bertz CT molecular complexity index is 784. The maximum absolute atomic E-state index is 11.8. The molecule has 8 nitrogen and oxygen atoms in total. The molecule has 2 aromatic heterocycles. The van der Waals surface area contributed by atoms with Gasteiger partial charge in [0.1, 0.15) is 0 Å². The summed E-state index contributed by atoms with van der Waals surface area (Å²) >= 11 is 2.90. The van der Waals surface area contributed by atoms with Gasteiger partial charge in [-0.15, -0.1) is 22.7 Å². The van der Waals surface area contributed by atoms with Gasteiger partial charge in [-0.2, -0.15) is 0 Å². The van der Waals surface area contributed by atoms with E-state index in [4.69, 9.17) is 5.73 Å². The number of nitrogens with one attached hydrogen (secondary N) is 3. The molecule has 0 saturated heterocycles. The van der Waals surface area contributed by atoms with Crippen molar-refractivity contribution in [3.05, 3.63) is 21.9 Å². The van der Waals surface area contributed by atoms with Crippen molar-refractivity contribution in [1.82, 2.24) is 15.6 Å². The average Bonchev–Trinajstić information content (AvgIpc) is 3.17. The number of hydrogen-bond donors (Lipinski definition) is 4. The lowest BCUT2D eigenvalue weighted by Gasteiger charge is -2.02. The van der Waals surface area contributed by atoms with Crippen molar-refractivity contribution in [1.29, 1.82) is 0 Å². The van der Waals surface area contributed by atoms with E-state index in [1.807, 2.05) is 19.1 Å². The van der Waals surface area contributed by atoms with Crippen LogP contribution in [0, 0.1) is 6.92 Å². The summed E-state index contributed by atoms with van der Waals surface area (Å²) in [6.45, 7) is 3.57. The van der Waals surface area contributed by atoms with Crippen LogP contribution in [0.15, 0.2) is 12.1 Å². The van der Waals surface area contributed by atoms with Gasteiger partial charge in [-0.05, 0) is 19.1 Å². The summed E-state index contributed by atoms with van der Waals surface area (Å²) < 4.78 is 0. The number of amides is 3. The van der Waals surface area contributed by atoms with Crippen molar-refractivity contribution in [2.45, 2.75) is 20.4 Å². The Kier molecular flexibility index (Phi) is 6.62. The molecule has 0 aliphatic carbocycles. The first-order valence-corrected chi connectivity index (χ1v) is 9.10. The van der Waals surface area contributed by atoms with Crippen molar-refractivity contribution in [3.8, 4) is 10.6 Å². The molecule has 0 atom stereocenters. The number of nitrogens with two attached hydrogens (primary N) is 1. The highest BCUT2D eigenvalue weighted by molar-refractivity contribution is 7.18. The minimum Gasteiger partial charge on any atom is -0.351 e. The van der Waals surface area contributed by atoms with E-state index in [0.717, 1.165) is 20.3 Å². The highest BCUT2D eigenvalue weighted by atomic mass is 32.1. The van der Waals surface area contributed by atoms with Crippen LogP contribution in [0.2, 0.25) is 0 Å². The molecule has 0 fully saturated rings. The van der Waals surface area contributed by atoms with Gasteiger partial charge in [0.15, 0.2) is 5.13 Å². The molecule has 2 heterocycles. The van der Waals surface area contributed by atoms with Crippen LogP contribution in [-0.2, 0) is 20.9 Å². The molecule has 0 saturated carbocycles. The maximum atomic E-state index is 11.8. The van der Waals surface area contributed by atoms with Gasteiger partial charge in [0.25, 0.3) is 0 Å². The molecule has 2 aromatic rings. The molecule has 0 spiro atoms. The first kappa shape index (κ1) is 19.0. The molecule has 0 bridgehead atoms. The smallest absolute Gasteiger partial charge is 0.245 e. The molecule has 134 valence electrons. The van der Waals surface area contributed by atoms with E-state index in [2.05, 4.69) is 20.9 Å². The Morgan fingerprint density at radius 1 is 1.16 bits per heavy atom. The maximum Gasteiger partial charge on any atom is 0.245 e. The number of carbonyl (C=O) groups is 3. The fourth-order valence-corrected chi connectivity index (χ4v) is 3.81. The first-order valence-electron chi connectivity index (χ1n) is 7.46. The molecule has 0 radical (unpaired) electrons. The Hall–Kier alpha value is -2.30. The highest BCUT2D eigenvalue weighted by Gasteiger charge is 2.14. The van der Waals surface area contributed by atoms with Gasteiger partial charge in [0, 0.05) is 16.7 Å². The van der Waals surface area contributed by atoms with Crippen LogP contribution in [0.1, 0.15) is 16.7 Å². The fourth-order valence-electron chi connectivity index (χ4n) is 1.90. The Morgan fingerprint density at radius 2 is 1.92 bits per heavy atom. The van der Waals surface area contributed by atoms with Gasteiger partial charge in [0.05, 0.1) is 30.2 Å². The van der Waals surface area contributed by atoms with Crippen LogP contribution in [0.3, 0.4) is 0 Å². The standard InChI is InChI=1S/C15H19N5O3S2/c1-8-14(11-4-3-10(25-11)6-17-9(2)21)20-15(24-8)19-13(23)7-18-12(22)5-16/h3-4H,5-7,16H2,1-2H3,(H,17,21)(H,18,22)(H,19,20,23). The molecule has 5 N–H and O–H groups in total. The number of anilines is 1. The number of aromatic nitrogens is 1. The van der Waals surface area contributed by atoms with Crippen LogP contribution >= 0.6 is 22.7 Å². The number of rotatable bonds is 7. The summed E-state index contributed by atoms with van der Waals surface area (Å²) in [4.78, 5) is 41.2. The van der Waals surface area contributed by atoms with Crippen molar-refractivity contribution in [2.75, 3.05) is 18.4 Å². The normalized spacial score (nSPS) is 10.4. The third kappa shape index (κ3) is 5.62. The van der Waals surface area contributed by atoms with Gasteiger partial charge in [-0.25, -0.2) is 4.98 Å². The van der Waals surface area contributed by atoms with E-state index in [0.29, 0.717) is 11.7 Å². The monoisotopic (exact) mass is 381 g/mol. The zero-order valence-electron chi connectivity index (χ0n) is 13.8. The molecular formula is C15H19N5O3S2. The Balaban J connectivity index is 2.01. The predicted octanol–water partition coefficient (Wildman–Crippen LogP) is 0.830. The third-order valence-corrected chi connectivity index (χ3v) is 5.06. The van der Waals surface area contributed by atoms with Gasteiger partial charge in [0.2, 0.25) is 17.7 Å². The molecule has 2 rings (SSSR count). The average molecular weight is 381 g/mol. The van der Waals surface area contributed by atoms with Crippen LogP contribution in [-0.4, -0.2) is 35.8 Å². The van der Waals surface area contributed by atoms with Crippen LogP contribution in [0.5, 0.6) is 0 Å². The second-order valence-electron chi connectivity index (χ2n) is 5.13. The number of thiophene rings is 1. The van der Waals surface area contributed by atoms with E-state index < -0.39 is 5.91 Å². The minimum atomic E-state index is -0.392. The van der Waals surface area contributed by atoms with Crippen molar-refractivity contribution >= 4 is 45.5 Å². The lowest BCUT2D eigenvalue weighted by molar-refractivity contribution is -0.123. The first-order chi connectivity index (χ1) is 11.9. The zero-order valence-corrected chi connectivity index (χ0v) is 15.5. The Labute approximate surface area is 152 Å². The van der Waals surface area contributed by atoms with E-state index in [1.165, 1.54) is 29.6 Å². The van der Waals surface area contributed by atoms with Crippen LogP contribution < -0.4 is 21.7 Å². The third-order valence-electron chi connectivity index (χ3n) is 3.08. The van der Waals surface area contributed by atoms with Crippen molar-refractivity contribution in [3.63, 3.8) is 0 Å². The summed E-state index contributed by atoms with van der Waals surface area (Å²) in [6.07, 6.45) is 0. The highest BCUT2D eigenvalue weighted by Crippen LogP contribution is 2.34. The van der Waals surface area contributed by atoms with Gasteiger partial charge >= 0.3 is 0 Å². The largest absolute Gasteiger partial charge is 0.351 e. The molecular weight excluding hydrogens is 362 g/mol. The van der Waals surface area contributed by atoms with Gasteiger partial charge < -0.3 is 21.7 Å². The molecule has 0 unspecified atom stereocenters. The van der Waals surface area contributed by atoms with E-state index in [1.54, 1.807) is 0 Å².